The third kappa shape index (κ3) is 5.30. The number of aromatic nitrogens is 1. The molecule has 174 valence electrons. The van der Waals surface area contributed by atoms with Crippen LogP contribution in [-0.2, 0) is 5.41 Å². The van der Waals surface area contributed by atoms with Crippen LogP contribution in [0.1, 0.15) is 89.2 Å². The smallest absolute Gasteiger partial charge is 0.0702 e. The van der Waals surface area contributed by atoms with Gasteiger partial charge in [0, 0.05) is 26.1 Å². The Bertz CT molecular complexity index is 1060. The van der Waals surface area contributed by atoms with Crippen LogP contribution >= 0.6 is 31.9 Å². The number of nitrogens with zero attached hydrogens (tertiary/aromatic N) is 1. The fourth-order valence-corrected chi connectivity index (χ4v) is 6.14. The van der Waals surface area contributed by atoms with Crippen LogP contribution in [0.25, 0.3) is 22.4 Å². The second-order valence-electron chi connectivity index (χ2n) is 9.52. The van der Waals surface area contributed by atoms with Crippen LogP contribution in [0, 0.1) is 0 Å². The van der Waals surface area contributed by atoms with Crippen molar-refractivity contribution in [3.63, 3.8) is 0 Å². The van der Waals surface area contributed by atoms with Gasteiger partial charge in [0.1, 0.15) is 0 Å². The molecule has 4 rings (SSSR count). The van der Waals surface area contributed by atoms with Gasteiger partial charge in [0.05, 0.1) is 5.69 Å². The van der Waals surface area contributed by atoms with Crippen molar-refractivity contribution < 1.29 is 0 Å². The summed E-state index contributed by atoms with van der Waals surface area (Å²) in [4.78, 5) is 4.70. The fraction of sp³-hybridized carbons (Fsp3) is 0.433. The molecule has 1 aliphatic rings. The van der Waals surface area contributed by atoms with Gasteiger partial charge < -0.3 is 0 Å². The molecule has 3 aromatic rings. The van der Waals surface area contributed by atoms with E-state index in [9.17, 15) is 0 Å². The van der Waals surface area contributed by atoms with E-state index in [1.165, 1.54) is 96.5 Å². The number of rotatable bonds is 11. The van der Waals surface area contributed by atoms with Gasteiger partial charge in [0.2, 0.25) is 0 Å². The van der Waals surface area contributed by atoms with E-state index in [1.54, 1.807) is 0 Å². The fourth-order valence-electron chi connectivity index (χ4n) is 5.54. The minimum absolute atomic E-state index is 0.0985. The zero-order valence-electron chi connectivity index (χ0n) is 20.0. The number of unbranched alkanes of at least 4 members (excludes halogenated alkanes) is 6. The first kappa shape index (κ1) is 24.7. The van der Waals surface area contributed by atoms with Gasteiger partial charge in [-0.25, -0.2) is 0 Å². The maximum absolute atomic E-state index is 4.70. The van der Waals surface area contributed by atoms with Crippen molar-refractivity contribution in [3.05, 3.63) is 74.8 Å². The number of hydrogen-bond donors (Lipinski definition) is 0. The van der Waals surface area contributed by atoms with Crippen LogP contribution < -0.4 is 0 Å². The summed E-state index contributed by atoms with van der Waals surface area (Å²) in [6.45, 7) is 4.60. The molecule has 1 heterocycles. The Labute approximate surface area is 216 Å². The zero-order chi connectivity index (χ0) is 23.3. The molecular formula is C30H35Br2N. The second-order valence-corrected chi connectivity index (χ2v) is 11.3. The van der Waals surface area contributed by atoms with Crippen molar-refractivity contribution in [2.24, 2.45) is 0 Å². The van der Waals surface area contributed by atoms with Crippen molar-refractivity contribution in [2.45, 2.75) is 83.5 Å². The Morgan fingerprint density at radius 2 is 1.27 bits per heavy atom. The molecule has 0 N–H and O–H groups in total. The lowest BCUT2D eigenvalue weighted by molar-refractivity contribution is 0.401. The molecule has 0 spiro atoms. The van der Waals surface area contributed by atoms with E-state index >= 15 is 0 Å². The summed E-state index contributed by atoms with van der Waals surface area (Å²) in [6, 6.07) is 18.2. The Balaban J connectivity index is 1.81. The highest BCUT2D eigenvalue weighted by Gasteiger charge is 2.42. The molecule has 1 nitrogen and oxygen atoms in total. The number of pyridine rings is 1. The topological polar surface area (TPSA) is 12.9 Å². The second kappa shape index (κ2) is 11.3. The van der Waals surface area contributed by atoms with Crippen LogP contribution in [-0.4, -0.2) is 4.98 Å². The zero-order valence-corrected chi connectivity index (χ0v) is 23.1. The van der Waals surface area contributed by atoms with Gasteiger partial charge >= 0.3 is 0 Å². The van der Waals surface area contributed by atoms with Gasteiger partial charge in [-0.05, 0) is 81.4 Å². The van der Waals surface area contributed by atoms with E-state index < -0.39 is 0 Å². The van der Waals surface area contributed by atoms with E-state index in [-0.39, 0.29) is 5.41 Å². The maximum Gasteiger partial charge on any atom is 0.0702 e. The van der Waals surface area contributed by atoms with Gasteiger partial charge in [0.25, 0.3) is 0 Å². The predicted molar refractivity (Wildman–Crippen MR) is 149 cm³/mol. The molecule has 0 saturated carbocycles. The summed E-state index contributed by atoms with van der Waals surface area (Å²) in [6.07, 6.45) is 14.8. The van der Waals surface area contributed by atoms with Crippen LogP contribution in [0.2, 0.25) is 0 Å². The average Bonchev–Trinajstić information content (AvgIpc) is 3.09. The first-order chi connectivity index (χ1) is 16.1. The SMILES string of the molecule is CCCCCCC1(CCCCCC)c2cc(Br)ccc2-c2ccc(-c3ccc(Br)cn3)cc21. The molecule has 0 radical (unpaired) electrons. The molecular weight excluding hydrogens is 534 g/mol. The van der Waals surface area contributed by atoms with E-state index in [4.69, 9.17) is 4.98 Å². The lowest BCUT2D eigenvalue weighted by Gasteiger charge is -2.33. The minimum Gasteiger partial charge on any atom is -0.255 e. The van der Waals surface area contributed by atoms with Gasteiger partial charge in [0.15, 0.2) is 0 Å². The quantitative estimate of drug-likeness (QED) is 0.209. The minimum atomic E-state index is 0.0985. The van der Waals surface area contributed by atoms with Gasteiger partial charge in [-0.15, -0.1) is 0 Å². The normalized spacial score (nSPS) is 13.7. The van der Waals surface area contributed by atoms with E-state index in [0.717, 1.165) is 10.2 Å². The summed E-state index contributed by atoms with van der Waals surface area (Å²) in [5.41, 5.74) is 8.26. The molecule has 0 fully saturated rings. The first-order valence-electron chi connectivity index (χ1n) is 12.7. The van der Waals surface area contributed by atoms with Gasteiger partial charge in [-0.3, -0.25) is 4.98 Å². The van der Waals surface area contributed by atoms with E-state index in [2.05, 4.69) is 94.2 Å². The summed E-state index contributed by atoms with van der Waals surface area (Å²) >= 11 is 7.32. The highest BCUT2D eigenvalue weighted by molar-refractivity contribution is 9.10. The summed E-state index contributed by atoms with van der Waals surface area (Å²) in [5.74, 6) is 0. The van der Waals surface area contributed by atoms with Crippen molar-refractivity contribution in [1.29, 1.82) is 0 Å². The molecule has 2 aromatic carbocycles. The van der Waals surface area contributed by atoms with Crippen LogP contribution in [0.15, 0.2) is 63.7 Å². The Morgan fingerprint density at radius 3 is 1.88 bits per heavy atom. The van der Waals surface area contributed by atoms with E-state index in [1.807, 2.05) is 6.20 Å². The van der Waals surface area contributed by atoms with Crippen LogP contribution in [0.3, 0.4) is 0 Å². The molecule has 0 amide bonds. The molecule has 0 aliphatic heterocycles. The highest BCUT2D eigenvalue weighted by atomic mass is 79.9. The number of fused-ring (bicyclic) bond motifs is 3. The Kier molecular flexibility index (Phi) is 8.46. The van der Waals surface area contributed by atoms with Crippen molar-refractivity contribution in [2.75, 3.05) is 0 Å². The molecule has 0 bridgehead atoms. The number of halogens is 2. The molecule has 1 aromatic heterocycles. The van der Waals surface area contributed by atoms with Crippen LogP contribution in [0.4, 0.5) is 0 Å². The van der Waals surface area contributed by atoms with Gasteiger partial charge in [-0.1, -0.05) is 99.3 Å². The van der Waals surface area contributed by atoms with E-state index in [0.29, 0.717) is 0 Å². The lowest BCUT2D eigenvalue weighted by atomic mass is 9.70. The highest BCUT2D eigenvalue weighted by Crippen LogP contribution is 2.55. The monoisotopic (exact) mass is 567 g/mol. The summed E-state index contributed by atoms with van der Waals surface area (Å²) in [5, 5.41) is 0. The van der Waals surface area contributed by atoms with Crippen molar-refractivity contribution in [1.82, 2.24) is 4.98 Å². The van der Waals surface area contributed by atoms with Crippen molar-refractivity contribution >= 4 is 31.9 Å². The Hall–Kier alpha value is -1.45. The lowest BCUT2D eigenvalue weighted by Crippen LogP contribution is -2.25. The maximum atomic E-state index is 4.70. The van der Waals surface area contributed by atoms with Gasteiger partial charge in [-0.2, -0.15) is 0 Å². The third-order valence-electron chi connectivity index (χ3n) is 7.26. The number of benzene rings is 2. The molecule has 0 saturated heterocycles. The third-order valence-corrected chi connectivity index (χ3v) is 8.22. The molecule has 1 aliphatic carbocycles. The van der Waals surface area contributed by atoms with Crippen LogP contribution in [0.5, 0.6) is 0 Å². The number of hydrogen-bond acceptors (Lipinski definition) is 1. The molecule has 0 unspecified atom stereocenters. The first-order valence-corrected chi connectivity index (χ1v) is 14.2. The Morgan fingerprint density at radius 1 is 0.667 bits per heavy atom. The summed E-state index contributed by atoms with van der Waals surface area (Å²) in [7, 11) is 0. The molecule has 33 heavy (non-hydrogen) atoms. The largest absolute Gasteiger partial charge is 0.255 e. The predicted octanol–water partition coefficient (Wildman–Crippen LogP) is 10.5. The molecule has 0 atom stereocenters. The summed E-state index contributed by atoms with van der Waals surface area (Å²) < 4.78 is 2.21. The average molecular weight is 569 g/mol. The standard InChI is InChI=1S/C30H35Br2N/c1-3-5-7-9-17-30(18-10-8-6-4-2)27-19-22(29-16-13-24(32)21-33-29)11-14-25(27)26-15-12-23(31)20-28(26)30/h11-16,19-21H,3-10,17-18H2,1-2H3. The van der Waals surface area contributed by atoms with Crippen molar-refractivity contribution in [3.8, 4) is 22.4 Å². The molecule has 3 heteroatoms.